The van der Waals surface area contributed by atoms with E-state index in [1.54, 1.807) is 24.3 Å². The van der Waals surface area contributed by atoms with Gasteiger partial charge < -0.3 is 10.1 Å². The zero-order chi connectivity index (χ0) is 21.7. The van der Waals surface area contributed by atoms with Crippen molar-refractivity contribution in [3.8, 4) is 5.75 Å². The SMILES string of the molecule is Cc1ccc(C)c(OCC(=O)Nc2ccc(S(=O)(=O)Nc3ccc(Cl)cc3)cc2)c1. The molecule has 0 aliphatic carbocycles. The first kappa shape index (κ1) is 21.7. The highest BCUT2D eigenvalue weighted by Crippen LogP contribution is 2.21. The van der Waals surface area contributed by atoms with Crippen molar-refractivity contribution in [2.24, 2.45) is 0 Å². The molecule has 6 nitrogen and oxygen atoms in total. The number of benzene rings is 3. The molecule has 0 aliphatic rings. The number of hydrogen-bond acceptors (Lipinski definition) is 4. The molecule has 1 amide bonds. The van der Waals surface area contributed by atoms with Crippen LogP contribution < -0.4 is 14.8 Å². The first-order valence-electron chi connectivity index (χ1n) is 9.11. The Morgan fingerprint density at radius 3 is 2.23 bits per heavy atom. The molecule has 30 heavy (non-hydrogen) atoms. The Morgan fingerprint density at radius 2 is 1.57 bits per heavy atom. The highest BCUT2D eigenvalue weighted by atomic mass is 35.5. The van der Waals surface area contributed by atoms with Gasteiger partial charge in [-0.3, -0.25) is 9.52 Å². The van der Waals surface area contributed by atoms with Crippen LogP contribution in [0.25, 0.3) is 0 Å². The van der Waals surface area contributed by atoms with Crippen LogP contribution in [0.2, 0.25) is 5.02 Å². The topological polar surface area (TPSA) is 84.5 Å². The molecule has 0 radical (unpaired) electrons. The minimum Gasteiger partial charge on any atom is -0.483 e. The number of rotatable bonds is 7. The third-order valence-corrected chi connectivity index (χ3v) is 5.90. The van der Waals surface area contributed by atoms with Crippen molar-refractivity contribution in [1.29, 1.82) is 0 Å². The van der Waals surface area contributed by atoms with Crippen molar-refractivity contribution in [1.82, 2.24) is 0 Å². The van der Waals surface area contributed by atoms with E-state index in [-0.39, 0.29) is 17.4 Å². The van der Waals surface area contributed by atoms with Crippen molar-refractivity contribution >= 4 is 38.9 Å². The average Bonchev–Trinajstić information content (AvgIpc) is 2.71. The number of aryl methyl sites for hydroxylation is 2. The maximum atomic E-state index is 12.5. The van der Waals surface area contributed by atoms with Gasteiger partial charge in [0.2, 0.25) is 0 Å². The fourth-order valence-corrected chi connectivity index (χ4v) is 3.84. The van der Waals surface area contributed by atoms with Crippen LogP contribution >= 0.6 is 11.6 Å². The fraction of sp³-hybridized carbons (Fsp3) is 0.136. The summed E-state index contributed by atoms with van der Waals surface area (Å²) in [7, 11) is -3.76. The van der Waals surface area contributed by atoms with Gasteiger partial charge in [-0.2, -0.15) is 0 Å². The zero-order valence-electron chi connectivity index (χ0n) is 16.5. The van der Waals surface area contributed by atoms with Gasteiger partial charge in [-0.1, -0.05) is 23.7 Å². The molecule has 0 bridgehead atoms. The first-order valence-corrected chi connectivity index (χ1v) is 11.0. The molecule has 3 rings (SSSR count). The van der Waals surface area contributed by atoms with Gasteiger partial charge in [-0.25, -0.2) is 8.42 Å². The van der Waals surface area contributed by atoms with E-state index >= 15 is 0 Å². The van der Waals surface area contributed by atoms with Crippen molar-refractivity contribution in [2.45, 2.75) is 18.7 Å². The van der Waals surface area contributed by atoms with Gasteiger partial charge >= 0.3 is 0 Å². The van der Waals surface area contributed by atoms with Gasteiger partial charge in [0.25, 0.3) is 15.9 Å². The van der Waals surface area contributed by atoms with Gasteiger partial charge in [0, 0.05) is 16.4 Å². The van der Waals surface area contributed by atoms with Crippen molar-refractivity contribution in [3.05, 3.63) is 82.9 Å². The molecule has 0 aliphatic heterocycles. The molecule has 0 heterocycles. The number of ether oxygens (including phenoxy) is 1. The molecule has 8 heteroatoms. The molecule has 0 saturated carbocycles. The summed E-state index contributed by atoms with van der Waals surface area (Å²) in [5.74, 6) is 0.311. The van der Waals surface area contributed by atoms with Gasteiger partial charge in [-0.05, 0) is 79.6 Å². The highest BCUT2D eigenvalue weighted by molar-refractivity contribution is 7.92. The summed E-state index contributed by atoms with van der Waals surface area (Å²) in [5, 5.41) is 3.20. The summed E-state index contributed by atoms with van der Waals surface area (Å²) in [5.41, 5.74) is 2.85. The predicted molar refractivity (Wildman–Crippen MR) is 119 cm³/mol. The summed E-state index contributed by atoms with van der Waals surface area (Å²) < 4.78 is 33.0. The van der Waals surface area contributed by atoms with Crippen LogP contribution in [0.5, 0.6) is 5.75 Å². The van der Waals surface area contributed by atoms with E-state index in [0.717, 1.165) is 11.1 Å². The molecule has 0 atom stereocenters. The summed E-state index contributed by atoms with van der Waals surface area (Å²) in [6.45, 7) is 3.70. The molecule has 0 unspecified atom stereocenters. The highest BCUT2D eigenvalue weighted by Gasteiger charge is 2.14. The quantitative estimate of drug-likeness (QED) is 0.549. The number of anilines is 2. The Morgan fingerprint density at radius 1 is 0.933 bits per heavy atom. The second-order valence-electron chi connectivity index (χ2n) is 6.74. The van der Waals surface area contributed by atoms with Crippen molar-refractivity contribution in [2.75, 3.05) is 16.6 Å². The van der Waals surface area contributed by atoms with Gasteiger partial charge in [0.05, 0.1) is 4.90 Å². The van der Waals surface area contributed by atoms with E-state index in [2.05, 4.69) is 10.0 Å². The monoisotopic (exact) mass is 444 g/mol. The zero-order valence-corrected chi connectivity index (χ0v) is 18.0. The third kappa shape index (κ3) is 5.75. The van der Waals surface area contributed by atoms with Crippen LogP contribution in [-0.4, -0.2) is 20.9 Å². The fourth-order valence-electron chi connectivity index (χ4n) is 2.65. The van der Waals surface area contributed by atoms with Crippen LogP contribution in [0.3, 0.4) is 0 Å². The normalized spacial score (nSPS) is 11.0. The van der Waals surface area contributed by atoms with E-state index < -0.39 is 10.0 Å². The van der Waals surface area contributed by atoms with Crippen LogP contribution in [0.4, 0.5) is 11.4 Å². The second kappa shape index (κ2) is 9.19. The Hall–Kier alpha value is -3.03. The lowest BCUT2D eigenvalue weighted by Gasteiger charge is -2.11. The maximum Gasteiger partial charge on any atom is 0.262 e. The number of nitrogens with one attached hydrogen (secondary N) is 2. The summed E-state index contributed by atoms with van der Waals surface area (Å²) in [6, 6.07) is 18.0. The molecule has 3 aromatic rings. The standard InChI is InChI=1S/C22H21ClN2O4S/c1-15-3-4-16(2)21(13-15)29-14-22(26)24-18-9-11-20(12-10-18)30(27,28)25-19-7-5-17(23)6-8-19/h3-13,25H,14H2,1-2H3,(H,24,26). The summed E-state index contributed by atoms with van der Waals surface area (Å²) in [4.78, 5) is 12.2. The minimum atomic E-state index is -3.76. The first-order chi connectivity index (χ1) is 14.2. The minimum absolute atomic E-state index is 0.0714. The van der Waals surface area contributed by atoms with Crippen molar-refractivity contribution < 1.29 is 17.9 Å². The van der Waals surface area contributed by atoms with E-state index in [1.165, 1.54) is 24.3 Å². The molecule has 0 fully saturated rings. The van der Waals surface area contributed by atoms with Crippen LogP contribution in [0.1, 0.15) is 11.1 Å². The number of hydrogen-bond donors (Lipinski definition) is 2. The second-order valence-corrected chi connectivity index (χ2v) is 8.86. The van der Waals surface area contributed by atoms with E-state index in [1.807, 2.05) is 32.0 Å². The molecule has 156 valence electrons. The maximum absolute atomic E-state index is 12.5. The Labute approximate surface area is 180 Å². The molecule has 2 N–H and O–H groups in total. The molecular weight excluding hydrogens is 424 g/mol. The Kier molecular flexibility index (Phi) is 6.64. The lowest BCUT2D eigenvalue weighted by Crippen LogP contribution is -2.20. The molecule has 0 aromatic heterocycles. The number of sulfonamides is 1. The van der Waals surface area contributed by atoms with E-state index in [9.17, 15) is 13.2 Å². The molecule has 0 saturated heterocycles. The number of carbonyl (C=O) groups excluding carboxylic acids is 1. The predicted octanol–water partition coefficient (Wildman–Crippen LogP) is 4.78. The molecule has 3 aromatic carbocycles. The largest absolute Gasteiger partial charge is 0.483 e. The molecule has 0 spiro atoms. The summed E-state index contributed by atoms with van der Waals surface area (Å²) in [6.07, 6.45) is 0. The van der Waals surface area contributed by atoms with Crippen LogP contribution in [-0.2, 0) is 14.8 Å². The van der Waals surface area contributed by atoms with Gasteiger partial charge in [0.15, 0.2) is 6.61 Å². The third-order valence-electron chi connectivity index (χ3n) is 4.25. The van der Waals surface area contributed by atoms with Gasteiger partial charge in [-0.15, -0.1) is 0 Å². The summed E-state index contributed by atoms with van der Waals surface area (Å²) >= 11 is 5.81. The van der Waals surface area contributed by atoms with Crippen LogP contribution in [0.15, 0.2) is 71.6 Å². The number of halogens is 1. The number of amides is 1. The van der Waals surface area contributed by atoms with E-state index in [0.29, 0.717) is 22.1 Å². The van der Waals surface area contributed by atoms with Crippen LogP contribution in [0, 0.1) is 13.8 Å². The lowest BCUT2D eigenvalue weighted by molar-refractivity contribution is -0.118. The van der Waals surface area contributed by atoms with Gasteiger partial charge in [0.1, 0.15) is 5.75 Å². The van der Waals surface area contributed by atoms with Crippen molar-refractivity contribution in [3.63, 3.8) is 0 Å². The smallest absolute Gasteiger partial charge is 0.262 e. The number of carbonyl (C=O) groups is 1. The Bertz CT molecular complexity index is 1140. The average molecular weight is 445 g/mol. The Balaban J connectivity index is 1.60. The molecular formula is C22H21ClN2O4S. The van der Waals surface area contributed by atoms with E-state index in [4.69, 9.17) is 16.3 Å². The lowest BCUT2D eigenvalue weighted by atomic mass is 10.1.